The monoisotopic (exact) mass is 488 g/mol. The SMILES string of the molecule is C[SiH](C)O[C@]1(C(CCO)CNC(=O)OC(C)(C)C)C[C@H](C(C)(C)C)CN1C(=O)OC(C)(C)C. The van der Waals surface area contributed by atoms with Gasteiger partial charge in [-0.2, -0.15) is 0 Å². The quantitative estimate of drug-likeness (QED) is 0.512. The van der Waals surface area contributed by atoms with Crippen molar-refractivity contribution in [2.75, 3.05) is 19.7 Å². The Morgan fingerprint density at radius 1 is 1.06 bits per heavy atom. The summed E-state index contributed by atoms with van der Waals surface area (Å²) in [6, 6.07) is 0. The van der Waals surface area contributed by atoms with Crippen LogP contribution in [0.5, 0.6) is 0 Å². The molecule has 1 heterocycles. The zero-order valence-electron chi connectivity index (χ0n) is 22.7. The van der Waals surface area contributed by atoms with Gasteiger partial charge in [0.15, 0.2) is 9.04 Å². The molecule has 0 spiro atoms. The van der Waals surface area contributed by atoms with Crippen LogP contribution < -0.4 is 5.32 Å². The van der Waals surface area contributed by atoms with Crippen molar-refractivity contribution in [3.8, 4) is 0 Å². The largest absolute Gasteiger partial charge is 0.444 e. The smallest absolute Gasteiger partial charge is 0.412 e. The highest BCUT2D eigenvalue weighted by Crippen LogP contribution is 2.48. The Morgan fingerprint density at radius 3 is 2.03 bits per heavy atom. The Bertz CT molecular complexity index is 665. The molecule has 2 amide bonds. The van der Waals surface area contributed by atoms with Crippen LogP contribution >= 0.6 is 0 Å². The van der Waals surface area contributed by atoms with Crippen LogP contribution in [-0.4, -0.2) is 67.9 Å². The van der Waals surface area contributed by atoms with E-state index in [-0.39, 0.29) is 30.4 Å². The van der Waals surface area contributed by atoms with Crippen LogP contribution in [0.1, 0.15) is 75.2 Å². The molecule has 0 bridgehead atoms. The minimum absolute atomic E-state index is 0.0632. The first-order chi connectivity index (χ1) is 14.8. The lowest BCUT2D eigenvalue weighted by atomic mass is 9.77. The number of likely N-dealkylation sites (tertiary alicyclic amines) is 1. The molecular formula is C24H48N2O6Si. The number of hydrogen-bond acceptors (Lipinski definition) is 6. The van der Waals surface area contributed by atoms with E-state index in [2.05, 4.69) is 39.2 Å². The van der Waals surface area contributed by atoms with E-state index >= 15 is 0 Å². The van der Waals surface area contributed by atoms with Crippen molar-refractivity contribution in [1.82, 2.24) is 10.2 Å². The van der Waals surface area contributed by atoms with Crippen LogP contribution in [-0.2, 0) is 13.9 Å². The molecule has 1 aliphatic heterocycles. The third kappa shape index (κ3) is 9.09. The molecule has 194 valence electrons. The van der Waals surface area contributed by atoms with E-state index in [9.17, 15) is 14.7 Å². The van der Waals surface area contributed by atoms with Gasteiger partial charge >= 0.3 is 12.2 Å². The second-order valence-corrected chi connectivity index (χ2v) is 14.8. The molecule has 1 unspecified atom stereocenters. The molecule has 9 heteroatoms. The van der Waals surface area contributed by atoms with E-state index in [1.165, 1.54) is 0 Å². The molecule has 0 saturated carbocycles. The van der Waals surface area contributed by atoms with Gasteiger partial charge in [-0.05, 0) is 78.8 Å². The summed E-state index contributed by atoms with van der Waals surface area (Å²) in [5.41, 5.74) is -2.31. The standard InChI is InChI=1S/C24H48N2O6Si/c1-21(2,3)18-14-24(32-33(10)11,26(16-18)20(29)31-23(7,8)9)17(12-13-27)15-25-19(28)30-22(4,5)6/h17-18,27,33H,12-16H2,1-11H3,(H,25,28)/t17?,18-,24-/m0/s1. The fourth-order valence-corrected chi connectivity index (χ4v) is 5.43. The number of aliphatic hydroxyl groups is 1. The third-order valence-corrected chi connectivity index (χ3v) is 6.56. The Balaban J connectivity index is 3.40. The number of carbonyl (C=O) groups is 2. The van der Waals surface area contributed by atoms with Gasteiger partial charge in [-0.15, -0.1) is 0 Å². The van der Waals surface area contributed by atoms with Gasteiger partial charge in [-0.25, -0.2) is 9.59 Å². The highest BCUT2D eigenvalue weighted by molar-refractivity contribution is 6.48. The summed E-state index contributed by atoms with van der Waals surface area (Å²) in [5.74, 6) is -0.162. The van der Waals surface area contributed by atoms with Crippen molar-refractivity contribution in [3.63, 3.8) is 0 Å². The molecule has 1 fully saturated rings. The van der Waals surface area contributed by atoms with Crippen LogP contribution in [0.15, 0.2) is 0 Å². The molecule has 1 aliphatic rings. The normalized spacial score (nSPS) is 22.9. The maximum atomic E-state index is 13.4. The molecule has 33 heavy (non-hydrogen) atoms. The van der Waals surface area contributed by atoms with E-state index < -0.39 is 38.2 Å². The lowest BCUT2D eigenvalue weighted by Crippen LogP contribution is -2.59. The molecule has 0 aromatic carbocycles. The Hall–Kier alpha value is -1.32. The van der Waals surface area contributed by atoms with Crippen molar-refractivity contribution in [2.24, 2.45) is 17.3 Å². The summed E-state index contributed by atoms with van der Waals surface area (Å²) in [6.45, 7) is 22.2. The van der Waals surface area contributed by atoms with E-state index in [1.54, 1.807) is 4.90 Å². The molecule has 3 atom stereocenters. The predicted octanol–water partition coefficient (Wildman–Crippen LogP) is 4.51. The summed E-state index contributed by atoms with van der Waals surface area (Å²) < 4.78 is 17.9. The highest BCUT2D eigenvalue weighted by atomic mass is 28.3. The van der Waals surface area contributed by atoms with Crippen molar-refractivity contribution in [2.45, 2.75) is 105 Å². The van der Waals surface area contributed by atoms with Crippen molar-refractivity contribution in [3.05, 3.63) is 0 Å². The predicted molar refractivity (Wildman–Crippen MR) is 133 cm³/mol. The minimum Gasteiger partial charge on any atom is -0.444 e. The fourth-order valence-electron chi connectivity index (χ4n) is 4.20. The number of rotatable bonds is 7. The first-order valence-electron chi connectivity index (χ1n) is 12.1. The lowest BCUT2D eigenvalue weighted by Gasteiger charge is -2.45. The van der Waals surface area contributed by atoms with E-state index in [0.717, 1.165) is 0 Å². The Labute approximate surface area is 202 Å². The molecule has 0 aliphatic carbocycles. The number of aliphatic hydroxyl groups excluding tert-OH is 1. The number of amides is 2. The first kappa shape index (κ1) is 29.7. The average molecular weight is 489 g/mol. The van der Waals surface area contributed by atoms with Crippen molar-refractivity contribution in [1.29, 1.82) is 0 Å². The molecule has 1 saturated heterocycles. The summed E-state index contributed by atoms with van der Waals surface area (Å²) in [4.78, 5) is 27.6. The maximum absolute atomic E-state index is 13.4. The summed E-state index contributed by atoms with van der Waals surface area (Å²) in [5, 5.41) is 12.8. The van der Waals surface area contributed by atoms with Gasteiger partial charge in [0, 0.05) is 25.6 Å². The van der Waals surface area contributed by atoms with Gasteiger partial charge in [0.25, 0.3) is 0 Å². The van der Waals surface area contributed by atoms with Crippen molar-refractivity contribution >= 4 is 21.2 Å². The topological polar surface area (TPSA) is 97.3 Å². The van der Waals surface area contributed by atoms with Gasteiger partial charge < -0.3 is 24.3 Å². The van der Waals surface area contributed by atoms with Crippen LogP contribution in [0.3, 0.4) is 0 Å². The highest BCUT2D eigenvalue weighted by Gasteiger charge is 2.56. The number of nitrogens with one attached hydrogen (secondary N) is 1. The Kier molecular flexibility index (Phi) is 9.86. The van der Waals surface area contributed by atoms with Crippen LogP contribution in [0.4, 0.5) is 9.59 Å². The molecule has 2 N–H and O–H groups in total. The molecule has 0 aromatic heterocycles. The van der Waals surface area contributed by atoms with Gasteiger partial charge in [0.1, 0.15) is 16.9 Å². The number of hydrogen-bond donors (Lipinski definition) is 2. The minimum atomic E-state index is -1.65. The number of ether oxygens (including phenoxy) is 2. The van der Waals surface area contributed by atoms with E-state index in [1.807, 2.05) is 41.5 Å². The summed E-state index contributed by atoms with van der Waals surface area (Å²) >= 11 is 0. The lowest BCUT2D eigenvalue weighted by molar-refractivity contribution is -0.108. The van der Waals surface area contributed by atoms with Crippen molar-refractivity contribution < 1.29 is 28.6 Å². The van der Waals surface area contributed by atoms with Crippen LogP contribution in [0.2, 0.25) is 13.1 Å². The van der Waals surface area contributed by atoms with Gasteiger partial charge in [0.2, 0.25) is 0 Å². The van der Waals surface area contributed by atoms with Gasteiger partial charge in [0.05, 0.1) is 0 Å². The Morgan fingerprint density at radius 2 is 1.61 bits per heavy atom. The zero-order valence-corrected chi connectivity index (χ0v) is 23.9. The zero-order chi connectivity index (χ0) is 25.8. The molecule has 0 aromatic rings. The van der Waals surface area contributed by atoms with Gasteiger partial charge in [-0.3, -0.25) is 4.90 Å². The second kappa shape index (κ2) is 10.9. The first-order valence-corrected chi connectivity index (χ1v) is 14.8. The van der Waals surface area contributed by atoms with Gasteiger partial charge in [-0.1, -0.05) is 20.8 Å². The number of alkyl carbamates (subject to hydrolysis) is 1. The second-order valence-electron chi connectivity index (χ2n) is 12.5. The molecule has 0 radical (unpaired) electrons. The number of carbonyl (C=O) groups excluding carboxylic acids is 2. The molecule has 8 nitrogen and oxygen atoms in total. The van der Waals surface area contributed by atoms with E-state index in [4.69, 9.17) is 13.9 Å². The number of nitrogens with zero attached hydrogens (tertiary/aromatic N) is 1. The molecule has 1 rings (SSSR count). The average Bonchev–Trinajstić information content (AvgIpc) is 2.95. The molecular weight excluding hydrogens is 440 g/mol. The van der Waals surface area contributed by atoms with Crippen LogP contribution in [0, 0.1) is 17.3 Å². The third-order valence-electron chi connectivity index (χ3n) is 5.68. The maximum Gasteiger partial charge on any atom is 0.412 e. The summed E-state index contributed by atoms with van der Waals surface area (Å²) in [6.07, 6.45) is 0.0231. The summed E-state index contributed by atoms with van der Waals surface area (Å²) in [7, 11) is -1.65. The van der Waals surface area contributed by atoms with Crippen LogP contribution in [0.25, 0.3) is 0 Å². The fraction of sp³-hybridized carbons (Fsp3) is 0.917. The van der Waals surface area contributed by atoms with E-state index in [0.29, 0.717) is 19.4 Å².